The van der Waals surface area contributed by atoms with Gasteiger partial charge in [-0.3, -0.25) is 4.79 Å². The van der Waals surface area contributed by atoms with Gasteiger partial charge in [-0.15, -0.1) is 0 Å². The van der Waals surface area contributed by atoms with Gasteiger partial charge in [-0.1, -0.05) is 57.5 Å². The zero-order valence-electron chi connectivity index (χ0n) is 15.5. The van der Waals surface area contributed by atoms with Crippen molar-refractivity contribution >= 4 is 23.2 Å². The topological polar surface area (TPSA) is 38.3 Å². The van der Waals surface area contributed by atoms with Crippen LogP contribution in [0.15, 0.2) is 42.5 Å². The van der Waals surface area contributed by atoms with E-state index in [9.17, 15) is 4.79 Å². The Morgan fingerprint density at radius 3 is 2.36 bits per heavy atom. The number of hydrogen-bond donors (Lipinski definition) is 1. The number of nitrogens with one attached hydrogen (secondary N) is 1. The summed E-state index contributed by atoms with van der Waals surface area (Å²) < 4.78 is 5.89. The van der Waals surface area contributed by atoms with Crippen molar-refractivity contribution in [3.8, 4) is 5.75 Å². The lowest BCUT2D eigenvalue weighted by Gasteiger charge is -2.21. The summed E-state index contributed by atoms with van der Waals surface area (Å²) in [6, 6.07) is 13.4. The van der Waals surface area contributed by atoms with Gasteiger partial charge < -0.3 is 10.1 Å². The molecule has 0 spiro atoms. The minimum Gasteiger partial charge on any atom is -0.481 e. The number of anilines is 1. The summed E-state index contributed by atoms with van der Waals surface area (Å²) in [4.78, 5) is 12.6. The zero-order valence-corrected chi connectivity index (χ0v) is 16.3. The zero-order chi connectivity index (χ0) is 18.6. The summed E-state index contributed by atoms with van der Waals surface area (Å²) in [5.74, 6) is 0.519. The van der Waals surface area contributed by atoms with E-state index in [1.807, 2.05) is 44.2 Å². The van der Waals surface area contributed by atoms with Gasteiger partial charge >= 0.3 is 0 Å². The van der Waals surface area contributed by atoms with Crippen molar-refractivity contribution in [2.45, 2.75) is 52.6 Å². The number of amides is 1. The first-order valence-electron chi connectivity index (χ1n) is 8.55. The number of aryl methyl sites for hydroxylation is 1. The largest absolute Gasteiger partial charge is 0.481 e. The molecule has 0 aliphatic heterocycles. The molecule has 0 aliphatic rings. The first-order valence-corrected chi connectivity index (χ1v) is 8.92. The molecule has 0 bridgehead atoms. The fourth-order valence-electron chi connectivity index (χ4n) is 2.46. The average Bonchev–Trinajstić information content (AvgIpc) is 2.55. The highest BCUT2D eigenvalue weighted by Crippen LogP contribution is 2.25. The number of halogens is 1. The molecule has 25 heavy (non-hydrogen) atoms. The Balaban J connectivity index is 2.08. The lowest BCUT2D eigenvalue weighted by atomic mass is 9.87. The SMILES string of the molecule is CC[C@@H](Oc1ccc(C(C)(C)C)cc1)C(=O)Nc1cc(Cl)ccc1C. The van der Waals surface area contributed by atoms with Gasteiger partial charge in [-0.05, 0) is 54.2 Å². The minimum absolute atomic E-state index is 0.0875. The fourth-order valence-corrected chi connectivity index (χ4v) is 2.63. The van der Waals surface area contributed by atoms with Crippen LogP contribution in [0.25, 0.3) is 0 Å². The van der Waals surface area contributed by atoms with E-state index in [-0.39, 0.29) is 11.3 Å². The predicted octanol–water partition coefficient (Wildman–Crippen LogP) is 5.74. The second-order valence-corrected chi connectivity index (χ2v) is 7.67. The molecule has 0 heterocycles. The number of carbonyl (C=O) groups excluding carboxylic acids is 1. The normalized spacial score (nSPS) is 12.6. The van der Waals surface area contributed by atoms with Gasteiger partial charge in [0.1, 0.15) is 5.75 Å². The third kappa shape index (κ3) is 5.23. The quantitative estimate of drug-likeness (QED) is 0.738. The van der Waals surface area contributed by atoms with E-state index < -0.39 is 6.10 Å². The second-order valence-electron chi connectivity index (χ2n) is 7.24. The molecule has 0 saturated heterocycles. The van der Waals surface area contributed by atoms with Gasteiger partial charge in [0.15, 0.2) is 6.10 Å². The summed E-state index contributed by atoms with van der Waals surface area (Å²) in [5.41, 5.74) is 2.99. The highest BCUT2D eigenvalue weighted by molar-refractivity contribution is 6.31. The molecule has 3 nitrogen and oxygen atoms in total. The van der Waals surface area contributed by atoms with Crippen LogP contribution < -0.4 is 10.1 Å². The first kappa shape index (κ1) is 19.3. The van der Waals surface area contributed by atoms with Crippen molar-refractivity contribution in [2.24, 2.45) is 0 Å². The molecule has 1 amide bonds. The molecule has 0 saturated carbocycles. The summed E-state index contributed by atoms with van der Waals surface area (Å²) in [6.45, 7) is 10.4. The average molecular weight is 360 g/mol. The summed E-state index contributed by atoms with van der Waals surface area (Å²) >= 11 is 6.01. The van der Waals surface area contributed by atoms with Gasteiger partial charge in [-0.2, -0.15) is 0 Å². The smallest absolute Gasteiger partial charge is 0.265 e. The molecule has 134 valence electrons. The van der Waals surface area contributed by atoms with Crippen molar-refractivity contribution in [2.75, 3.05) is 5.32 Å². The highest BCUT2D eigenvalue weighted by atomic mass is 35.5. The van der Waals surface area contributed by atoms with Crippen molar-refractivity contribution in [1.29, 1.82) is 0 Å². The van der Waals surface area contributed by atoms with E-state index >= 15 is 0 Å². The van der Waals surface area contributed by atoms with E-state index in [1.54, 1.807) is 12.1 Å². The number of ether oxygens (including phenoxy) is 1. The Kier molecular flexibility index (Phi) is 6.12. The van der Waals surface area contributed by atoms with Gasteiger partial charge in [0, 0.05) is 10.7 Å². The lowest BCUT2D eigenvalue weighted by Crippen LogP contribution is -2.32. The van der Waals surface area contributed by atoms with Crippen molar-refractivity contribution in [1.82, 2.24) is 0 Å². The van der Waals surface area contributed by atoms with E-state index in [2.05, 4.69) is 26.1 Å². The molecule has 2 rings (SSSR count). The van der Waals surface area contributed by atoms with Crippen LogP contribution in [0.4, 0.5) is 5.69 Å². The number of benzene rings is 2. The third-order valence-electron chi connectivity index (χ3n) is 4.12. The van der Waals surface area contributed by atoms with Crippen LogP contribution in [0.1, 0.15) is 45.2 Å². The van der Waals surface area contributed by atoms with E-state index in [4.69, 9.17) is 16.3 Å². The molecule has 0 unspecified atom stereocenters. The Bertz CT molecular complexity index is 733. The van der Waals surface area contributed by atoms with E-state index in [0.717, 1.165) is 5.56 Å². The minimum atomic E-state index is -0.557. The first-order chi connectivity index (χ1) is 11.7. The summed E-state index contributed by atoms with van der Waals surface area (Å²) in [7, 11) is 0. The number of hydrogen-bond acceptors (Lipinski definition) is 2. The monoisotopic (exact) mass is 359 g/mol. The Labute approximate surface area is 155 Å². The van der Waals surface area contributed by atoms with Gasteiger partial charge in [0.05, 0.1) is 0 Å². The van der Waals surface area contributed by atoms with Crippen molar-refractivity contribution in [3.05, 3.63) is 58.6 Å². The Morgan fingerprint density at radius 1 is 1.16 bits per heavy atom. The van der Waals surface area contributed by atoms with Crippen LogP contribution in [0.2, 0.25) is 5.02 Å². The maximum atomic E-state index is 12.6. The third-order valence-corrected chi connectivity index (χ3v) is 4.35. The molecule has 0 fully saturated rings. The number of carbonyl (C=O) groups is 1. The van der Waals surface area contributed by atoms with Crippen molar-refractivity contribution < 1.29 is 9.53 Å². The second kappa shape index (κ2) is 7.92. The molecule has 2 aromatic carbocycles. The Morgan fingerprint density at radius 2 is 1.80 bits per heavy atom. The molecular formula is C21H26ClNO2. The molecule has 4 heteroatoms. The maximum absolute atomic E-state index is 12.6. The van der Waals surface area contributed by atoms with Crippen LogP contribution in [0.3, 0.4) is 0 Å². The highest BCUT2D eigenvalue weighted by Gasteiger charge is 2.20. The molecule has 0 aliphatic carbocycles. The van der Waals surface area contributed by atoms with Crippen LogP contribution >= 0.6 is 11.6 Å². The molecule has 1 N–H and O–H groups in total. The molecule has 0 radical (unpaired) electrons. The van der Waals surface area contributed by atoms with Crippen LogP contribution in [0, 0.1) is 6.92 Å². The summed E-state index contributed by atoms with van der Waals surface area (Å²) in [5, 5.41) is 3.50. The Hall–Kier alpha value is -2.00. The molecule has 2 aromatic rings. The van der Waals surface area contributed by atoms with Gasteiger partial charge in [-0.25, -0.2) is 0 Å². The van der Waals surface area contributed by atoms with Gasteiger partial charge in [0.2, 0.25) is 0 Å². The van der Waals surface area contributed by atoms with E-state index in [1.165, 1.54) is 5.56 Å². The maximum Gasteiger partial charge on any atom is 0.265 e. The van der Waals surface area contributed by atoms with Crippen molar-refractivity contribution in [3.63, 3.8) is 0 Å². The van der Waals surface area contributed by atoms with Crippen LogP contribution in [-0.4, -0.2) is 12.0 Å². The molecule has 0 aromatic heterocycles. The fraction of sp³-hybridized carbons (Fsp3) is 0.381. The van der Waals surface area contributed by atoms with Crippen LogP contribution in [0.5, 0.6) is 5.75 Å². The van der Waals surface area contributed by atoms with Crippen LogP contribution in [-0.2, 0) is 10.2 Å². The standard InChI is InChI=1S/C21H26ClNO2/c1-6-19(20(24)23-18-13-16(22)10-7-14(18)2)25-17-11-8-15(9-12-17)21(3,4)5/h7-13,19H,6H2,1-5H3,(H,23,24)/t19-/m1/s1. The molecule has 1 atom stereocenters. The number of rotatable bonds is 5. The summed E-state index contributed by atoms with van der Waals surface area (Å²) in [6.07, 6.45) is 0.0193. The molecular weight excluding hydrogens is 334 g/mol. The predicted molar refractivity (Wildman–Crippen MR) is 105 cm³/mol. The van der Waals surface area contributed by atoms with Gasteiger partial charge in [0.25, 0.3) is 5.91 Å². The van der Waals surface area contributed by atoms with E-state index in [0.29, 0.717) is 22.9 Å². The lowest BCUT2D eigenvalue weighted by molar-refractivity contribution is -0.122.